The highest BCUT2D eigenvalue weighted by molar-refractivity contribution is 5.67. The number of carbonyl (C=O) groups is 1. The molecule has 17 heavy (non-hydrogen) atoms. The van der Waals surface area contributed by atoms with Crippen molar-refractivity contribution < 1.29 is 9.90 Å². The van der Waals surface area contributed by atoms with E-state index in [1.807, 2.05) is 4.90 Å². The van der Waals surface area contributed by atoms with E-state index < -0.39 is 5.97 Å². The monoisotopic (exact) mass is 237 g/mol. The SMILES string of the molecule is Cc1nc(N(CCC(=O)O)C2CC2)cc(=O)[nH]1. The van der Waals surface area contributed by atoms with Gasteiger partial charge in [-0.05, 0) is 19.8 Å². The minimum atomic E-state index is -0.836. The van der Waals surface area contributed by atoms with Crippen LogP contribution >= 0.6 is 0 Å². The van der Waals surface area contributed by atoms with Gasteiger partial charge in [-0.3, -0.25) is 9.59 Å². The van der Waals surface area contributed by atoms with E-state index in [-0.39, 0.29) is 12.0 Å². The Bertz CT molecular complexity index is 479. The minimum Gasteiger partial charge on any atom is -0.481 e. The average Bonchev–Trinajstić information content (AvgIpc) is 3.00. The Morgan fingerprint density at radius 3 is 2.88 bits per heavy atom. The zero-order chi connectivity index (χ0) is 12.4. The molecular weight excluding hydrogens is 222 g/mol. The lowest BCUT2D eigenvalue weighted by Crippen LogP contribution is -2.30. The Kier molecular flexibility index (Phi) is 3.12. The Hall–Kier alpha value is -1.85. The molecule has 1 heterocycles. The molecule has 2 rings (SSSR count). The first-order valence-electron chi connectivity index (χ1n) is 5.62. The quantitative estimate of drug-likeness (QED) is 0.779. The lowest BCUT2D eigenvalue weighted by Gasteiger charge is -2.22. The van der Waals surface area contributed by atoms with Crippen LogP contribution in [0.5, 0.6) is 0 Å². The number of carboxylic acids is 1. The number of H-pyrrole nitrogens is 1. The second kappa shape index (κ2) is 4.57. The Labute approximate surface area is 98.3 Å². The fourth-order valence-corrected chi connectivity index (χ4v) is 1.80. The van der Waals surface area contributed by atoms with Gasteiger partial charge >= 0.3 is 5.97 Å². The van der Waals surface area contributed by atoms with Gasteiger partial charge < -0.3 is 15.0 Å². The van der Waals surface area contributed by atoms with Crippen molar-refractivity contribution in [2.45, 2.75) is 32.2 Å². The summed E-state index contributed by atoms with van der Waals surface area (Å²) in [6.07, 6.45) is 2.13. The summed E-state index contributed by atoms with van der Waals surface area (Å²) in [5.41, 5.74) is -0.200. The van der Waals surface area contributed by atoms with Gasteiger partial charge in [0.05, 0.1) is 6.42 Å². The highest BCUT2D eigenvalue weighted by Gasteiger charge is 2.30. The predicted octanol–water partition coefficient (Wildman–Crippen LogP) is 0.522. The first-order chi connectivity index (χ1) is 8.06. The van der Waals surface area contributed by atoms with Gasteiger partial charge in [-0.2, -0.15) is 0 Å². The van der Waals surface area contributed by atoms with Crippen molar-refractivity contribution in [1.82, 2.24) is 9.97 Å². The fraction of sp³-hybridized carbons (Fsp3) is 0.545. The normalized spacial score (nSPS) is 14.6. The fourth-order valence-electron chi connectivity index (χ4n) is 1.80. The van der Waals surface area contributed by atoms with E-state index in [1.54, 1.807) is 6.92 Å². The topological polar surface area (TPSA) is 86.3 Å². The number of aliphatic carboxylic acids is 1. The van der Waals surface area contributed by atoms with E-state index in [0.29, 0.717) is 24.2 Å². The van der Waals surface area contributed by atoms with Crippen molar-refractivity contribution in [3.8, 4) is 0 Å². The molecule has 0 spiro atoms. The number of hydrogen-bond donors (Lipinski definition) is 2. The van der Waals surface area contributed by atoms with Gasteiger partial charge in [-0.15, -0.1) is 0 Å². The molecule has 0 unspecified atom stereocenters. The summed E-state index contributed by atoms with van der Waals surface area (Å²) in [7, 11) is 0. The van der Waals surface area contributed by atoms with E-state index in [4.69, 9.17) is 5.11 Å². The molecule has 1 aliphatic carbocycles. The average molecular weight is 237 g/mol. The second-order valence-electron chi connectivity index (χ2n) is 4.26. The van der Waals surface area contributed by atoms with Crippen LogP contribution in [-0.2, 0) is 4.79 Å². The van der Waals surface area contributed by atoms with Crippen LogP contribution in [0.25, 0.3) is 0 Å². The molecule has 0 amide bonds. The first-order valence-corrected chi connectivity index (χ1v) is 5.62. The molecule has 6 nitrogen and oxygen atoms in total. The zero-order valence-corrected chi connectivity index (χ0v) is 9.64. The molecule has 1 saturated carbocycles. The smallest absolute Gasteiger partial charge is 0.305 e. The highest BCUT2D eigenvalue weighted by atomic mass is 16.4. The number of aromatic nitrogens is 2. The van der Waals surface area contributed by atoms with E-state index in [1.165, 1.54) is 6.07 Å². The van der Waals surface area contributed by atoms with Crippen molar-refractivity contribution in [3.05, 3.63) is 22.2 Å². The third kappa shape index (κ3) is 3.05. The van der Waals surface area contributed by atoms with Gasteiger partial charge in [-0.25, -0.2) is 4.98 Å². The molecule has 0 aliphatic heterocycles. The third-order valence-electron chi connectivity index (χ3n) is 2.70. The molecule has 0 atom stereocenters. The predicted molar refractivity (Wildman–Crippen MR) is 62.2 cm³/mol. The maximum absolute atomic E-state index is 11.4. The van der Waals surface area contributed by atoms with Crippen molar-refractivity contribution in [2.24, 2.45) is 0 Å². The maximum atomic E-state index is 11.4. The summed E-state index contributed by atoms with van der Waals surface area (Å²) in [5, 5.41) is 8.71. The third-order valence-corrected chi connectivity index (χ3v) is 2.70. The molecule has 1 aromatic rings. The minimum absolute atomic E-state index is 0.0596. The number of rotatable bonds is 5. The van der Waals surface area contributed by atoms with Crippen LogP contribution in [0.2, 0.25) is 0 Å². The number of hydrogen-bond acceptors (Lipinski definition) is 4. The lowest BCUT2D eigenvalue weighted by atomic mass is 10.3. The zero-order valence-electron chi connectivity index (χ0n) is 9.64. The molecule has 0 bridgehead atoms. The van der Waals surface area contributed by atoms with E-state index >= 15 is 0 Å². The molecule has 2 N–H and O–H groups in total. The summed E-state index contributed by atoms with van der Waals surface area (Å²) in [5.74, 6) is 0.292. The summed E-state index contributed by atoms with van der Waals surface area (Å²) in [4.78, 5) is 30.7. The largest absolute Gasteiger partial charge is 0.481 e. The lowest BCUT2D eigenvalue weighted by molar-refractivity contribution is -0.136. The van der Waals surface area contributed by atoms with Gasteiger partial charge in [0.2, 0.25) is 0 Å². The number of aryl methyl sites for hydroxylation is 1. The van der Waals surface area contributed by atoms with Crippen LogP contribution in [0.15, 0.2) is 10.9 Å². The van der Waals surface area contributed by atoms with Crippen LogP contribution in [0.1, 0.15) is 25.1 Å². The highest BCUT2D eigenvalue weighted by Crippen LogP contribution is 2.30. The molecular formula is C11H15N3O3. The van der Waals surface area contributed by atoms with Crippen molar-refractivity contribution in [3.63, 3.8) is 0 Å². The van der Waals surface area contributed by atoms with Gasteiger partial charge in [0.15, 0.2) is 0 Å². The van der Waals surface area contributed by atoms with Crippen LogP contribution in [-0.4, -0.2) is 33.6 Å². The van der Waals surface area contributed by atoms with Crippen molar-refractivity contribution in [1.29, 1.82) is 0 Å². The van der Waals surface area contributed by atoms with Crippen LogP contribution in [0.4, 0.5) is 5.82 Å². The summed E-state index contributed by atoms with van der Waals surface area (Å²) < 4.78 is 0. The first kappa shape index (κ1) is 11.6. The Morgan fingerprint density at radius 1 is 1.65 bits per heavy atom. The van der Waals surface area contributed by atoms with Crippen molar-refractivity contribution in [2.75, 3.05) is 11.4 Å². The summed E-state index contributed by atoms with van der Waals surface area (Å²) in [6, 6.07) is 1.76. The number of nitrogens with one attached hydrogen (secondary N) is 1. The molecule has 0 saturated heterocycles. The maximum Gasteiger partial charge on any atom is 0.305 e. The molecule has 0 radical (unpaired) electrons. The molecule has 0 aromatic carbocycles. The van der Waals surface area contributed by atoms with Crippen LogP contribution in [0.3, 0.4) is 0 Å². The molecule has 1 aromatic heterocycles. The summed E-state index contributed by atoms with van der Waals surface area (Å²) in [6.45, 7) is 2.11. The number of aromatic amines is 1. The van der Waals surface area contributed by atoms with Gasteiger partial charge in [0.25, 0.3) is 5.56 Å². The van der Waals surface area contributed by atoms with E-state index in [2.05, 4.69) is 9.97 Å². The Morgan fingerprint density at radius 2 is 2.35 bits per heavy atom. The van der Waals surface area contributed by atoms with Crippen LogP contribution < -0.4 is 10.5 Å². The van der Waals surface area contributed by atoms with Crippen LogP contribution in [0, 0.1) is 6.92 Å². The number of nitrogens with zero attached hydrogens (tertiary/aromatic N) is 2. The molecule has 1 fully saturated rings. The summed E-state index contributed by atoms with van der Waals surface area (Å²) >= 11 is 0. The molecule has 92 valence electrons. The van der Waals surface area contributed by atoms with Gasteiger partial charge in [-0.1, -0.05) is 0 Å². The van der Waals surface area contributed by atoms with Crippen molar-refractivity contribution >= 4 is 11.8 Å². The number of anilines is 1. The Balaban J connectivity index is 2.19. The second-order valence-corrected chi connectivity index (χ2v) is 4.26. The molecule has 1 aliphatic rings. The van der Waals surface area contributed by atoms with Gasteiger partial charge in [0, 0.05) is 18.7 Å². The van der Waals surface area contributed by atoms with E-state index in [9.17, 15) is 9.59 Å². The standard InChI is InChI=1S/C11H15N3O3/c1-7-12-9(6-10(15)13-7)14(8-2-3-8)5-4-11(16)17/h6,8H,2-5H2,1H3,(H,16,17)(H,12,13,15). The van der Waals surface area contributed by atoms with E-state index in [0.717, 1.165) is 12.8 Å². The number of carboxylic acid groups (broad SMARTS) is 1. The van der Waals surface area contributed by atoms with Gasteiger partial charge in [0.1, 0.15) is 11.6 Å². The molecule has 6 heteroatoms.